The van der Waals surface area contributed by atoms with Gasteiger partial charge in [0.25, 0.3) is 0 Å². The van der Waals surface area contributed by atoms with Crippen molar-refractivity contribution in [1.82, 2.24) is 29.7 Å². The Morgan fingerprint density at radius 1 is 0.522 bits per heavy atom. The van der Waals surface area contributed by atoms with Crippen LogP contribution < -0.4 is 18.6 Å². The predicted molar refractivity (Wildman–Crippen MR) is 165 cm³/mol. The van der Waals surface area contributed by atoms with Crippen LogP contribution in [-0.4, -0.2) is 79.7 Å². The van der Waals surface area contributed by atoms with Crippen molar-refractivity contribution in [1.29, 1.82) is 0 Å². The summed E-state index contributed by atoms with van der Waals surface area (Å²) in [4.78, 5) is 20.6. The first-order valence-corrected chi connectivity index (χ1v) is 14.7. The molecule has 0 aromatic carbocycles. The van der Waals surface area contributed by atoms with E-state index in [0.717, 1.165) is 0 Å². The van der Waals surface area contributed by atoms with E-state index in [0.29, 0.717) is 44.5 Å². The first-order chi connectivity index (χ1) is 21.4. The molecule has 0 aliphatic rings. The van der Waals surface area contributed by atoms with Gasteiger partial charge < -0.3 is 35.1 Å². The van der Waals surface area contributed by atoms with Crippen LogP contribution in [0.3, 0.4) is 0 Å². The first kappa shape index (κ1) is 40.0. The Bertz CT molecular complexity index is 1360. The van der Waals surface area contributed by atoms with Crippen molar-refractivity contribution in [3.8, 4) is 0 Å². The molecule has 0 saturated heterocycles. The Balaban J connectivity index is 0.000000394. The minimum atomic E-state index is -4.94. The van der Waals surface area contributed by atoms with E-state index < -0.39 is 10.2 Å². The maximum atomic E-state index is 8.49. The summed E-state index contributed by atoms with van der Waals surface area (Å²) in [5.41, 5.74) is 4.01. The molecule has 0 aliphatic carbocycles. The summed E-state index contributed by atoms with van der Waals surface area (Å²) in [7, 11) is 2.34. The zero-order chi connectivity index (χ0) is 33.2. The number of halogens is 1. The molecule has 4 aromatic rings. The Hall–Kier alpha value is -4.04. The van der Waals surface area contributed by atoms with Gasteiger partial charge in [-0.05, 0) is 48.5 Å². The SMILES string of the molecule is CN(C)/C([S-])=N/N=C(c1ccccn1)c1ccccn1.CN(C)/C([S-])=N\N=C(c1ccccn1)c1ccccn1.[Co+3].[O-][Cl+3]([O-])([O-])[O-]. The molecule has 4 heterocycles. The van der Waals surface area contributed by atoms with E-state index in [4.69, 9.17) is 43.9 Å². The van der Waals surface area contributed by atoms with E-state index in [2.05, 4.69) is 40.3 Å². The van der Waals surface area contributed by atoms with Crippen molar-refractivity contribution in [3.63, 3.8) is 0 Å². The summed E-state index contributed by atoms with van der Waals surface area (Å²) in [6, 6.07) is 22.4. The smallest absolute Gasteiger partial charge is 0.741 e. The molecule has 242 valence electrons. The quantitative estimate of drug-likeness (QED) is 0.0979. The fourth-order valence-corrected chi connectivity index (χ4v) is 2.92. The van der Waals surface area contributed by atoms with Gasteiger partial charge in [0.05, 0.1) is 22.8 Å². The van der Waals surface area contributed by atoms with Crippen molar-refractivity contribution in [3.05, 3.63) is 120 Å². The average molecular weight is 727 g/mol. The second kappa shape index (κ2) is 20.9. The monoisotopic (exact) mass is 726 g/mol. The minimum absolute atomic E-state index is 0. The third kappa shape index (κ3) is 15.8. The Labute approximate surface area is 290 Å². The van der Waals surface area contributed by atoms with Gasteiger partial charge >= 0.3 is 16.8 Å². The van der Waals surface area contributed by atoms with Gasteiger partial charge in [-0.25, -0.2) is 18.6 Å². The van der Waals surface area contributed by atoms with Crippen molar-refractivity contribution < 1.29 is 45.7 Å². The van der Waals surface area contributed by atoms with Gasteiger partial charge in [-0.1, -0.05) is 24.3 Å². The van der Waals surface area contributed by atoms with Gasteiger partial charge in [0.1, 0.15) is 11.4 Å². The number of nitrogens with zero attached hydrogens (tertiary/aromatic N) is 10. The maximum absolute atomic E-state index is 8.49. The molecule has 0 N–H and O–H groups in total. The van der Waals surface area contributed by atoms with Crippen LogP contribution in [-0.2, 0) is 42.0 Å². The van der Waals surface area contributed by atoms with Crippen LogP contribution in [0.1, 0.15) is 22.8 Å². The van der Waals surface area contributed by atoms with E-state index >= 15 is 0 Å². The summed E-state index contributed by atoms with van der Waals surface area (Å²) in [5.74, 6) is 0. The van der Waals surface area contributed by atoms with E-state index in [-0.39, 0.29) is 16.8 Å². The topological polar surface area (TPSA) is 200 Å². The normalized spacial score (nSPS) is 10.9. The molecule has 14 nitrogen and oxygen atoms in total. The number of rotatable bonds is 6. The van der Waals surface area contributed by atoms with Crippen molar-refractivity contribution in [2.24, 2.45) is 20.4 Å². The molecule has 0 spiro atoms. The van der Waals surface area contributed by atoms with Crippen LogP contribution in [0.4, 0.5) is 0 Å². The maximum Gasteiger partial charge on any atom is 3.00 e. The minimum Gasteiger partial charge on any atom is -0.741 e. The Morgan fingerprint density at radius 2 is 0.761 bits per heavy atom. The second-order valence-electron chi connectivity index (χ2n) is 8.69. The third-order valence-electron chi connectivity index (χ3n) is 4.87. The molecular weight excluding hydrogens is 699 g/mol. The second-order valence-corrected chi connectivity index (χ2v) is 10.2. The average Bonchev–Trinajstić information content (AvgIpc) is 3.02. The van der Waals surface area contributed by atoms with Gasteiger partial charge in [-0.2, -0.15) is 10.2 Å². The van der Waals surface area contributed by atoms with Crippen LogP contribution in [0, 0.1) is 10.2 Å². The molecule has 0 unspecified atom stereocenters. The summed E-state index contributed by atoms with van der Waals surface area (Å²) in [5, 5.41) is 17.3. The molecule has 0 amide bonds. The van der Waals surface area contributed by atoms with Gasteiger partial charge in [0, 0.05) is 63.3 Å². The molecule has 46 heavy (non-hydrogen) atoms. The van der Waals surface area contributed by atoms with Crippen LogP contribution in [0.15, 0.2) is 118 Å². The molecule has 0 aliphatic heterocycles. The van der Waals surface area contributed by atoms with E-state index in [1.165, 1.54) is 0 Å². The number of aromatic nitrogens is 4. The molecule has 0 fully saturated rings. The number of amidine groups is 2. The van der Waals surface area contributed by atoms with Crippen LogP contribution >= 0.6 is 0 Å². The summed E-state index contributed by atoms with van der Waals surface area (Å²) in [6.07, 6.45) is 6.83. The first-order valence-electron chi connectivity index (χ1n) is 12.6. The van der Waals surface area contributed by atoms with E-state index in [1.54, 1.807) is 34.6 Å². The molecular formula is C28H28ClCoN10O4S2. The number of hydrogen-bond acceptors (Lipinski definition) is 14. The van der Waals surface area contributed by atoms with Gasteiger partial charge in [-0.3, -0.25) is 19.9 Å². The Kier molecular flexibility index (Phi) is 18.2. The third-order valence-corrected chi connectivity index (χ3v) is 5.76. The number of hydrogen-bond donors (Lipinski definition) is 0. The Morgan fingerprint density at radius 3 is 0.935 bits per heavy atom. The largest absolute Gasteiger partial charge is 3.00 e. The molecule has 0 atom stereocenters. The molecule has 0 saturated carbocycles. The predicted octanol–water partition coefficient (Wildman–Crippen LogP) is -1.37. The standard InChI is InChI=1S/2C14H15N5S.ClHO4.Co/c2*1-19(2)14(20)18-17-13(11-7-3-5-9-15-11)12-8-4-6-10-16-12;2-1(3,4)5;/h2*3-10H,1-2H3,(H,18,20);(H,2,3,4,5);/q;;;+3/p-3. The molecule has 4 aromatic heterocycles. The van der Waals surface area contributed by atoms with Crippen LogP contribution in [0.2, 0.25) is 0 Å². The van der Waals surface area contributed by atoms with E-state index in [9.17, 15) is 0 Å². The molecule has 18 heteroatoms. The van der Waals surface area contributed by atoms with Gasteiger partial charge in [0.15, 0.2) is 0 Å². The van der Waals surface area contributed by atoms with Crippen molar-refractivity contribution >= 4 is 47.0 Å². The molecule has 4 rings (SSSR count). The van der Waals surface area contributed by atoms with Gasteiger partial charge in [-0.15, -0.1) is 20.4 Å². The van der Waals surface area contributed by atoms with Crippen molar-refractivity contribution in [2.45, 2.75) is 0 Å². The zero-order valence-corrected chi connectivity index (χ0v) is 28.3. The molecule has 0 radical (unpaired) electrons. The van der Waals surface area contributed by atoms with Crippen LogP contribution in [0.25, 0.3) is 0 Å². The van der Waals surface area contributed by atoms with E-state index in [1.807, 2.05) is 101 Å². The fourth-order valence-electron chi connectivity index (χ4n) is 2.84. The van der Waals surface area contributed by atoms with Crippen molar-refractivity contribution in [2.75, 3.05) is 28.2 Å². The van der Waals surface area contributed by atoms with Gasteiger partial charge in [0.2, 0.25) is 0 Å². The molecule has 0 bridgehead atoms. The summed E-state index contributed by atoms with van der Waals surface area (Å²) in [6.45, 7) is 0. The fraction of sp³-hybridized carbons (Fsp3) is 0.143. The zero-order valence-electron chi connectivity index (χ0n) is 24.9. The number of pyridine rings is 4. The van der Waals surface area contributed by atoms with Crippen LogP contribution in [0.5, 0.6) is 0 Å². The summed E-state index contributed by atoms with van der Waals surface area (Å²) < 4.78 is 34.0. The summed E-state index contributed by atoms with van der Waals surface area (Å²) >= 11 is 10.2.